The van der Waals surface area contributed by atoms with Crippen molar-refractivity contribution in [2.24, 2.45) is 5.92 Å². The van der Waals surface area contributed by atoms with Gasteiger partial charge in [-0.1, -0.05) is 13.0 Å². The van der Waals surface area contributed by atoms with E-state index in [9.17, 15) is 4.79 Å². The summed E-state index contributed by atoms with van der Waals surface area (Å²) in [7, 11) is 0. The molecule has 1 aliphatic carbocycles. The van der Waals surface area contributed by atoms with E-state index < -0.39 is 0 Å². The van der Waals surface area contributed by atoms with Crippen LogP contribution in [0.1, 0.15) is 41.4 Å². The number of furan rings is 2. The SMILES string of the molecule is CC1CC1c1ccc(/C=C/C(=O)N(Cc2ccco2)Cc2cccs2)o1. The summed E-state index contributed by atoms with van der Waals surface area (Å²) in [4.78, 5) is 15.6. The molecule has 3 aromatic heterocycles. The van der Waals surface area contributed by atoms with Crippen molar-refractivity contribution >= 4 is 23.3 Å². The molecule has 5 heteroatoms. The minimum atomic E-state index is -0.0625. The summed E-state index contributed by atoms with van der Waals surface area (Å²) in [5.74, 6) is 3.70. The molecule has 2 atom stereocenters. The van der Waals surface area contributed by atoms with E-state index in [2.05, 4.69) is 6.92 Å². The van der Waals surface area contributed by atoms with Gasteiger partial charge in [0.15, 0.2) is 0 Å². The van der Waals surface area contributed by atoms with Gasteiger partial charge in [0.05, 0.1) is 19.4 Å². The van der Waals surface area contributed by atoms with Crippen LogP contribution in [0.5, 0.6) is 0 Å². The monoisotopic (exact) mass is 367 g/mol. The zero-order chi connectivity index (χ0) is 17.9. The Balaban J connectivity index is 1.45. The lowest BCUT2D eigenvalue weighted by Crippen LogP contribution is -2.27. The van der Waals surface area contributed by atoms with Crippen LogP contribution in [0.25, 0.3) is 6.08 Å². The van der Waals surface area contributed by atoms with Crippen molar-refractivity contribution in [1.82, 2.24) is 4.90 Å². The van der Waals surface area contributed by atoms with Crippen LogP contribution in [-0.4, -0.2) is 10.8 Å². The van der Waals surface area contributed by atoms with Gasteiger partial charge in [0.2, 0.25) is 5.91 Å². The first kappa shape index (κ1) is 16.9. The van der Waals surface area contributed by atoms with Crippen LogP contribution < -0.4 is 0 Å². The van der Waals surface area contributed by atoms with Crippen molar-refractivity contribution in [3.05, 3.63) is 76.3 Å². The molecule has 0 saturated heterocycles. The van der Waals surface area contributed by atoms with Crippen LogP contribution in [0.3, 0.4) is 0 Å². The predicted octanol–water partition coefficient (Wildman–Crippen LogP) is 5.30. The number of hydrogen-bond acceptors (Lipinski definition) is 4. The van der Waals surface area contributed by atoms with Gasteiger partial charge in [-0.25, -0.2) is 0 Å². The number of amides is 1. The molecule has 0 aliphatic heterocycles. The molecule has 0 spiro atoms. The fourth-order valence-electron chi connectivity index (χ4n) is 3.03. The number of nitrogens with zero attached hydrogens (tertiary/aromatic N) is 1. The van der Waals surface area contributed by atoms with Crippen LogP contribution in [0, 0.1) is 5.92 Å². The van der Waals surface area contributed by atoms with Crippen molar-refractivity contribution in [1.29, 1.82) is 0 Å². The average Bonchev–Trinajstić information content (AvgIpc) is 3.15. The fraction of sp³-hybridized carbons (Fsp3) is 0.286. The lowest BCUT2D eigenvalue weighted by Gasteiger charge is -2.19. The van der Waals surface area contributed by atoms with E-state index in [0.29, 0.717) is 24.9 Å². The van der Waals surface area contributed by atoms with Gasteiger partial charge in [0.1, 0.15) is 17.3 Å². The van der Waals surface area contributed by atoms with Crippen LogP contribution in [-0.2, 0) is 17.9 Å². The number of thiophene rings is 1. The molecule has 0 bridgehead atoms. The van der Waals surface area contributed by atoms with Gasteiger partial charge in [-0.3, -0.25) is 4.79 Å². The largest absolute Gasteiger partial charge is 0.467 e. The molecule has 3 aromatic rings. The van der Waals surface area contributed by atoms with E-state index in [1.807, 2.05) is 41.8 Å². The highest BCUT2D eigenvalue weighted by Gasteiger charge is 2.36. The van der Waals surface area contributed by atoms with E-state index in [1.54, 1.807) is 34.7 Å². The first-order chi connectivity index (χ1) is 12.7. The molecule has 134 valence electrons. The zero-order valence-corrected chi connectivity index (χ0v) is 15.4. The van der Waals surface area contributed by atoms with E-state index in [0.717, 1.165) is 22.2 Å². The van der Waals surface area contributed by atoms with Crippen LogP contribution in [0.4, 0.5) is 0 Å². The quantitative estimate of drug-likeness (QED) is 0.532. The lowest BCUT2D eigenvalue weighted by atomic mass is 10.3. The second kappa shape index (κ2) is 7.38. The minimum Gasteiger partial charge on any atom is -0.467 e. The third-order valence-corrected chi connectivity index (χ3v) is 5.54. The highest BCUT2D eigenvalue weighted by Crippen LogP contribution is 2.47. The number of carbonyl (C=O) groups excluding carboxylic acids is 1. The Hall–Kier alpha value is -2.53. The Morgan fingerprint density at radius 3 is 2.85 bits per heavy atom. The van der Waals surface area contributed by atoms with Gasteiger partial charge in [0.25, 0.3) is 0 Å². The molecule has 1 aliphatic rings. The van der Waals surface area contributed by atoms with Crippen molar-refractivity contribution in [2.75, 3.05) is 0 Å². The number of hydrogen-bond donors (Lipinski definition) is 0. The Labute approximate surface area is 156 Å². The molecule has 0 N–H and O–H groups in total. The van der Waals surface area contributed by atoms with Crippen LogP contribution in [0.15, 0.2) is 63.0 Å². The van der Waals surface area contributed by atoms with E-state index in [4.69, 9.17) is 8.83 Å². The molecule has 1 saturated carbocycles. The standard InChI is InChI=1S/C21H21NO3S/c1-15-12-19(15)20-8-6-16(25-20)7-9-21(23)22(13-17-4-2-10-24-17)14-18-5-3-11-26-18/h2-11,15,19H,12-14H2,1H3/b9-7+. The lowest BCUT2D eigenvalue weighted by molar-refractivity contribution is -0.127. The fourth-order valence-corrected chi connectivity index (χ4v) is 3.75. The Kier molecular flexibility index (Phi) is 4.80. The maximum Gasteiger partial charge on any atom is 0.247 e. The average molecular weight is 367 g/mol. The smallest absolute Gasteiger partial charge is 0.247 e. The highest BCUT2D eigenvalue weighted by molar-refractivity contribution is 7.09. The summed E-state index contributed by atoms with van der Waals surface area (Å²) in [6.07, 6.45) is 6.15. The van der Waals surface area contributed by atoms with Gasteiger partial charge < -0.3 is 13.7 Å². The summed E-state index contributed by atoms with van der Waals surface area (Å²) in [5.41, 5.74) is 0. The molecule has 0 aromatic carbocycles. The Morgan fingerprint density at radius 1 is 1.27 bits per heavy atom. The molecular formula is C21H21NO3S. The molecule has 1 amide bonds. The minimum absolute atomic E-state index is 0.0625. The third kappa shape index (κ3) is 3.99. The highest BCUT2D eigenvalue weighted by atomic mass is 32.1. The van der Waals surface area contributed by atoms with Crippen molar-refractivity contribution in [2.45, 2.75) is 32.4 Å². The maximum absolute atomic E-state index is 12.7. The van der Waals surface area contributed by atoms with Gasteiger partial charge in [-0.05, 0) is 54.1 Å². The Morgan fingerprint density at radius 2 is 2.15 bits per heavy atom. The summed E-state index contributed by atoms with van der Waals surface area (Å²) in [6.45, 7) is 3.23. The van der Waals surface area contributed by atoms with Crippen molar-refractivity contribution in [3.8, 4) is 0 Å². The molecule has 4 nitrogen and oxygen atoms in total. The molecule has 4 rings (SSSR count). The first-order valence-electron chi connectivity index (χ1n) is 8.80. The van der Waals surface area contributed by atoms with Gasteiger partial charge in [-0.2, -0.15) is 0 Å². The van der Waals surface area contributed by atoms with E-state index >= 15 is 0 Å². The van der Waals surface area contributed by atoms with Crippen molar-refractivity contribution < 1.29 is 13.6 Å². The van der Waals surface area contributed by atoms with Gasteiger partial charge >= 0.3 is 0 Å². The van der Waals surface area contributed by atoms with Crippen LogP contribution >= 0.6 is 11.3 Å². The maximum atomic E-state index is 12.7. The van der Waals surface area contributed by atoms with Crippen LogP contribution in [0.2, 0.25) is 0 Å². The molecule has 3 heterocycles. The van der Waals surface area contributed by atoms with Gasteiger partial charge in [0, 0.05) is 16.9 Å². The first-order valence-corrected chi connectivity index (χ1v) is 9.68. The summed E-state index contributed by atoms with van der Waals surface area (Å²) >= 11 is 1.64. The molecule has 1 fully saturated rings. The summed E-state index contributed by atoms with van der Waals surface area (Å²) < 4.78 is 11.3. The van der Waals surface area contributed by atoms with Crippen molar-refractivity contribution in [3.63, 3.8) is 0 Å². The number of rotatable bonds is 7. The topological polar surface area (TPSA) is 46.6 Å². The second-order valence-corrected chi connectivity index (χ2v) is 7.78. The van der Waals surface area contributed by atoms with E-state index in [-0.39, 0.29) is 5.91 Å². The zero-order valence-electron chi connectivity index (χ0n) is 14.6. The van der Waals surface area contributed by atoms with Gasteiger partial charge in [-0.15, -0.1) is 11.3 Å². The molecule has 0 radical (unpaired) electrons. The Bertz CT molecular complexity index is 840. The normalized spacial score (nSPS) is 19.1. The molecular weight excluding hydrogens is 346 g/mol. The molecule has 2 unspecified atom stereocenters. The summed E-state index contributed by atoms with van der Waals surface area (Å²) in [6, 6.07) is 11.7. The second-order valence-electron chi connectivity index (χ2n) is 6.75. The summed E-state index contributed by atoms with van der Waals surface area (Å²) in [5, 5.41) is 2.02. The predicted molar refractivity (Wildman–Crippen MR) is 102 cm³/mol. The third-order valence-electron chi connectivity index (χ3n) is 4.68. The van der Waals surface area contributed by atoms with E-state index in [1.165, 1.54) is 6.42 Å². The number of carbonyl (C=O) groups is 1. The molecule has 26 heavy (non-hydrogen) atoms.